The lowest BCUT2D eigenvalue weighted by molar-refractivity contribution is -0.391. The SMILES string of the molecule is NC1CCC1.Oc1ccc2c(c1)OC(F)(F)C(F)(F)O2. The van der Waals surface area contributed by atoms with Crippen LogP contribution in [0.2, 0.25) is 0 Å². The Labute approximate surface area is 112 Å². The maximum Gasteiger partial charge on any atom is 0.507 e. The average Bonchev–Trinajstić information content (AvgIpc) is 2.29. The first-order chi connectivity index (χ1) is 9.21. The molecule has 0 unspecified atom stereocenters. The van der Waals surface area contributed by atoms with Crippen molar-refractivity contribution < 1.29 is 32.1 Å². The molecule has 2 aliphatic rings. The number of fused-ring (bicyclic) bond motifs is 1. The minimum atomic E-state index is -4.76. The van der Waals surface area contributed by atoms with E-state index in [0.717, 1.165) is 18.2 Å². The highest BCUT2D eigenvalue weighted by Crippen LogP contribution is 2.47. The summed E-state index contributed by atoms with van der Waals surface area (Å²) in [5.74, 6) is -1.58. The van der Waals surface area contributed by atoms with Crippen LogP contribution in [-0.2, 0) is 0 Å². The second kappa shape index (κ2) is 5.01. The fourth-order valence-electron chi connectivity index (χ4n) is 1.50. The van der Waals surface area contributed by atoms with Gasteiger partial charge in [-0.1, -0.05) is 6.42 Å². The predicted molar refractivity (Wildman–Crippen MR) is 61.1 cm³/mol. The molecule has 0 atom stereocenters. The van der Waals surface area contributed by atoms with Crippen molar-refractivity contribution in [2.75, 3.05) is 0 Å². The molecule has 8 heteroatoms. The molecule has 1 aromatic rings. The van der Waals surface area contributed by atoms with Crippen molar-refractivity contribution in [1.82, 2.24) is 0 Å². The zero-order valence-corrected chi connectivity index (χ0v) is 10.3. The third-order valence-electron chi connectivity index (χ3n) is 2.89. The van der Waals surface area contributed by atoms with Crippen LogP contribution >= 0.6 is 0 Å². The lowest BCUT2D eigenvalue weighted by Gasteiger charge is -2.31. The minimum Gasteiger partial charge on any atom is -0.508 e. The van der Waals surface area contributed by atoms with E-state index >= 15 is 0 Å². The van der Waals surface area contributed by atoms with E-state index in [0.29, 0.717) is 6.04 Å². The predicted octanol–water partition coefficient (Wildman–Crippen LogP) is 2.85. The first-order valence-electron chi connectivity index (χ1n) is 5.93. The Hall–Kier alpha value is -1.70. The number of aromatic hydroxyl groups is 1. The van der Waals surface area contributed by atoms with E-state index in [1.807, 2.05) is 0 Å². The molecule has 1 heterocycles. The Balaban J connectivity index is 0.000000247. The van der Waals surface area contributed by atoms with Crippen LogP contribution in [0.25, 0.3) is 0 Å². The largest absolute Gasteiger partial charge is 0.508 e. The maximum absolute atomic E-state index is 12.6. The minimum absolute atomic E-state index is 0.390. The molecular weight excluding hydrogens is 282 g/mol. The Morgan fingerprint density at radius 2 is 1.55 bits per heavy atom. The number of benzene rings is 1. The molecule has 20 heavy (non-hydrogen) atoms. The Morgan fingerprint density at radius 3 is 2.00 bits per heavy atom. The van der Waals surface area contributed by atoms with Gasteiger partial charge in [0, 0.05) is 12.1 Å². The molecule has 0 radical (unpaired) electrons. The van der Waals surface area contributed by atoms with Gasteiger partial charge in [-0.25, -0.2) is 0 Å². The monoisotopic (exact) mass is 295 g/mol. The van der Waals surface area contributed by atoms with E-state index in [-0.39, 0.29) is 0 Å². The molecule has 0 amide bonds. The molecule has 0 saturated heterocycles. The van der Waals surface area contributed by atoms with Crippen molar-refractivity contribution in [2.45, 2.75) is 37.5 Å². The van der Waals surface area contributed by atoms with Gasteiger partial charge in [-0.2, -0.15) is 17.6 Å². The number of hydrogen-bond acceptors (Lipinski definition) is 4. The summed E-state index contributed by atoms with van der Waals surface area (Å²) in [6.45, 7) is 0. The van der Waals surface area contributed by atoms with Crippen LogP contribution in [0.15, 0.2) is 18.2 Å². The van der Waals surface area contributed by atoms with Crippen LogP contribution in [0.1, 0.15) is 19.3 Å². The molecule has 1 fully saturated rings. The van der Waals surface area contributed by atoms with E-state index < -0.39 is 29.5 Å². The summed E-state index contributed by atoms with van der Waals surface area (Å²) >= 11 is 0. The van der Waals surface area contributed by atoms with Crippen molar-refractivity contribution in [2.24, 2.45) is 5.73 Å². The number of hydrogen-bond donors (Lipinski definition) is 2. The van der Waals surface area contributed by atoms with Gasteiger partial charge in [0.05, 0.1) is 0 Å². The van der Waals surface area contributed by atoms with E-state index in [1.165, 1.54) is 19.3 Å². The fourth-order valence-corrected chi connectivity index (χ4v) is 1.50. The molecule has 0 aromatic heterocycles. The lowest BCUT2D eigenvalue weighted by Crippen LogP contribution is -2.52. The van der Waals surface area contributed by atoms with E-state index in [4.69, 9.17) is 10.8 Å². The molecule has 3 N–H and O–H groups in total. The number of phenols is 1. The number of phenolic OH excluding ortho intramolecular Hbond substituents is 1. The summed E-state index contributed by atoms with van der Waals surface area (Å²) < 4.78 is 57.9. The smallest absolute Gasteiger partial charge is 0.507 e. The van der Waals surface area contributed by atoms with Crippen molar-refractivity contribution in [3.05, 3.63) is 18.2 Å². The van der Waals surface area contributed by atoms with E-state index in [9.17, 15) is 17.6 Å². The van der Waals surface area contributed by atoms with Crippen molar-refractivity contribution >= 4 is 0 Å². The second-order valence-electron chi connectivity index (χ2n) is 4.56. The van der Waals surface area contributed by atoms with Gasteiger partial charge in [0.15, 0.2) is 11.5 Å². The molecule has 3 rings (SSSR count). The summed E-state index contributed by atoms with van der Waals surface area (Å²) in [6.07, 6.45) is -5.59. The van der Waals surface area contributed by atoms with Gasteiger partial charge in [0.1, 0.15) is 5.75 Å². The third kappa shape index (κ3) is 2.90. The summed E-state index contributed by atoms with van der Waals surface area (Å²) in [4.78, 5) is 0. The van der Waals surface area contributed by atoms with Crippen LogP contribution in [0.3, 0.4) is 0 Å². The molecule has 4 nitrogen and oxygen atoms in total. The first kappa shape index (κ1) is 14.7. The summed E-state index contributed by atoms with van der Waals surface area (Å²) in [5, 5.41) is 8.92. The normalized spacial score (nSPS) is 22.2. The van der Waals surface area contributed by atoms with Gasteiger partial charge >= 0.3 is 12.2 Å². The fraction of sp³-hybridized carbons (Fsp3) is 0.500. The van der Waals surface area contributed by atoms with Crippen LogP contribution in [0.4, 0.5) is 17.6 Å². The van der Waals surface area contributed by atoms with Crippen LogP contribution in [0.5, 0.6) is 17.2 Å². The van der Waals surface area contributed by atoms with Crippen LogP contribution in [-0.4, -0.2) is 23.4 Å². The van der Waals surface area contributed by atoms with Crippen LogP contribution in [0, 0.1) is 0 Å². The Bertz CT molecular complexity index is 492. The van der Waals surface area contributed by atoms with Crippen LogP contribution < -0.4 is 15.2 Å². The number of ether oxygens (including phenoxy) is 2. The quantitative estimate of drug-likeness (QED) is 0.722. The number of alkyl halides is 4. The number of halogens is 4. The molecule has 0 spiro atoms. The lowest BCUT2D eigenvalue weighted by atomic mass is 9.95. The number of rotatable bonds is 0. The zero-order chi connectivity index (χ0) is 15.0. The second-order valence-corrected chi connectivity index (χ2v) is 4.56. The zero-order valence-electron chi connectivity index (χ0n) is 10.3. The molecule has 1 aliphatic heterocycles. The van der Waals surface area contributed by atoms with E-state index in [2.05, 4.69) is 9.47 Å². The topological polar surface area (TPSA) is 64.7 Å². The summed E-state index contributed by atoms with van der Waals surface area (Å²) in [5.41, 5.74) is 5.38. The molecule has 1 aliphatic carbocycles. The van der Waals surface area contributed by atoms with Gasteiger partial charge in [0.2, 0.25) is 0 Å². The van der Waals surface area contributed by atoms with Gasteiger partial charge in [-0.05, 0) is 25.0 Å². The molecule has 1 saturated carbocycles. The van der Waals surface area contributed by atoms with E-state index in [1.54, 1.807) is 0 Å². The third-order valence-corrected chi connectivity index (χ3v) is 2.89. The highest BCUT2D eigenvalue weighted by Gasteiger charge is 2.65. The standard InChI is InChI=1S/C8H4F4O3.C4H9N/c9-7(10)8(11,12)15-6-3-4(13)1-2-5(6)14-7;5-4-2-1-3-4/h1-3,13H;4H,1-3,5H2. The average molecular weight is 295 g/mol. The van der Waals surface area contributed by atoms with Crippen molar-refractivity contribution in [1.29, 1.82) is 0 Å². The summed E-state index contributed by atoms with van der Waals surface area (Å²) in [6, 6.07) is 3.25. The van der Waals surface area contributed by atoms with Crippen molar-refractivity contribution in [3.63, 3.8) is 0 Å². The van der Waals surface area contributed by atoms with Gasteiger partial charge in [-0.3, -0.25) is 0 Å². The highest BCUT2D eigenvalue weighted by atomic mass is 19.3. The maximum atomic E-state index is 12.6. The van der Waals surface area contributed by atoms with Gasteiger partial charge in [-0.15, -0.1) is 0 Å². The summed E-state index contributed by atoms with van der Waals surface area (Å²) in [7, 11) is 0. The molecule has 0 bridgehead atoms. The van der Waals surface area contributed by atoms with Gasteiger partial charge in [0.25, 0.3) is 0 Å². The Morgan fingerprint density at radius 1 is 1.05 bits per heavy atom. The van der Waals surface area contributed by atoms with Gasteiger partial charge < -0.3 is 20.3 Å². The molecular formula is C12H13F4NO3. The molecule has 112 valence electrons. The Kier molecular flexibility index (Phi) is 3.68. The number of nitrogens with two attached hydrogens (primary N) is 1. The molecule has 1 aromatic carbocycles. The first-order valence-corrected chi connectivity index (χ1v) is 5.93. The van der Waals surface area contributed by atoms with Crippen molar-refractivity contribution in [3.8, 4) is 17.2 Å². The highest BCUT2D eigenvalue weighted by molar-refractivity contribution is 5.46.